The van der Waals surface area contributed by atoms with Gasteiger partial charge in [0.2, 0.25) is 0 Å². The molecule has 0 bridgehead atoms. The van der Waals surface area contributed by atoms with E-state index < -0.39 is 27.8 Å². The number of halogens is 2. The molecule has 0 fully saturated rings. The monoisotopic (exact) mass is 474 g/mol. The SMILES string of the molecule is CCC(C)N(Cc1ccc(OS(=O)(=O)c2ccc(F)cc2)cc1)C(=O)Nc1ccccc1F. The van der Waals surface area contributed by atoms with Gasteiger partial charge in [-0.25, -0.2) is 13.6 Å². The molecule has 0 aliphatic rings. The van der Waals surface area contributed by atoms with Crippen molar-refractivity contribution in [1.29, 1.82) is 0 Å². The lowest BCUT2D eigenvalue weighted by Gasteiger charge is -2.29. The number of hydrogen-bond acceptors (Lipinski definition) is 4. The summed E-state index contributed by atoms with van der Waals surface area (Å²) >= 11 is 0. The first-order valence-corrected chi connectivity index (χ1v) is 11.7. The summed E-state index contributed by atoms with van der Waals surface area (Å²) in [5, 5.41) is 2.59. The Morgan fingerprint density at radius 3 is 2.24 bits per heavy atom. The van der Waals surface area contributed by atoms with Crippen LogP contribution in [0.2, 0.25) is 0 Å². The van der Waals surface area contributed by atoms with Gasteiger partial charge in [-0.05, 0) is 67.4 Å². The lowest BCUT2D eigenvalue weighted by Crippen LogP contribution is -2.40. The number of carbonyl (C=O) groups is 1. The van der Waals surface area contributed by atoms with Crippen molar-refractivity contribution in [2.24, 2.45) is 0 Å². The number of benzene rings is 3. The Hall–Kier alpha value is -3.46. The molecule has 0 spiro atoms. The molecule has 1 N–H and O–H groups in total. The van der Waals surface area contributed by atoms with E-state index in [0.29, 0.717) is 6.42 Å². The fraction of sp³-hybridized carbons (Fsp3) is 0.208. The topological polar surface area (TPSA) is 75.7 Å². The van der Waals surface area contributed by atoms with Crippen molar-refractivity contribution in [3.8, 4) is 5.75 Å². The predicted molar refractivity (Wildman–Crippen MR) is 121 cm³/mol. The summed E-state index contributed by atoms with van der Waals surface area (Å²) in [7, 11) is -4.11. The number of urea groups is 1. The largest absolute Gasteiger partial charge is 0.379 e. The molecule has 0 aliphatic carbocycles. The van der Waals surface area contributed by atoms with Crippen LogP contribution in [0.5, 0.6) is 5.75 Å². The molecule has 6 nitrogen and oxygen atoms in total. The average molecular weight is 475 g/mol. The number of rotatable bonds is 8. The molecule has 33 heavy (non-hydrogen) atoms. The molecule has 0 saturated carbocycles. The average Bonchev–Trinajstić information content (AvgIpc) is 2.79. The summed E-state index contributed by atoms with van der Waals surface area (Å²) in [5.41, 5.74) is 0.816. The second kappa shape index (κ2) is 10.4. The zero-order chi connectivity index (χ0) is 24.0. The fourth-order valence-corrected chi connectivity index (χ4v) is 3.95. The van der Waals surface area contributed by atoms with E-state index in [1.807, 2.05) is 13.8 Å². The molecule has 0 radical (unpaired) electrons. The van der Waals surface area contributed by atoms with Gasteiger partial charge in [0.15, 0.2) is 0 Å². The van der Waals surface area contributed by atoms with Gasteiger partial charge in [-0.3, -0.25) is 0 Å². The van der Waals surface area contributed by atoms with Crippen molar-refractivity contribution in [2.75, 3.05) is 5.32 Å². The minimum atomic E-state index is -4.11. The predicted octanol–water partition coefficient (Wildman–Crippen LogP) is 5.57. The maximum absolute atomic E-state index is 13.9. The zero-order valence-corrected chi connectivity index (χ0v) is 19.0. The molecule has 3 rings (SSSR count). The Labute approximate surface area is 191 Å². The number of carbonyl (C=O) groups excluding carboxylic acids is 1. The number of amides is 2. The van der Waals surface area contributed by atoms with E-state index in [2.05, 4.69) is 5.32 Å². The highest BCUT2D eigenvalue weighted by atomic mass is 32.2. The van der Waals surface area contributed by atoms with Crippen LogP contribution in [-0.4, -0.2) is 25.4 Å². The smallest absolute Gasteiger partial charge is 0.339 e. The maximum Gasteiger partial charge on any atom is 0.339 e. The van der Waals surface area contributed by atoms with E-state index in [1.54, 1.807) is 23.1 Å². The Morgan fingerprint density at radius 2 is 1.64 bits per heavy atom. The van der Waals surface area contributed by atoms with Gasteiger partial charge in [0, 0.05) is 12.6 Å². The third-order valence-electron chi connectivity index (χ3n) is 5.08. The van der Waals surface area contributed by atoms with Gasteiger partial charge in [0.05, 0.1) is 5.69 Å². The molecule has 1 unspecified atom stereocenters. The molecule has 0 aromatic heterocycles. The van der Waals surface area contributed by atoms with Gasteiger partial charge in [-0.2, -0.15) is 8.42 Å². The second-order valence-electron chi connectivity index (χ2n) is 7.43. The van der Waals surface area contributed by atoms with Gasteiger partial charge < -0.3 is 14.4 Å². The standard InChI is InChI=1S/C24H24F2N2O4S/c1-3-17(2)28(24(29)27-23-7-5-4-6-22(23)26)16-18-8-12-20(13-9-18)32-33(30,31)21-14-10-19(25)11-15-21/h4-15,17H,3,16H2,1-2H3,(H,27,29). The van der Waals surface area contributed by atoms with Crippen molar-refractivity contribution in [3.05, 3.63) is 90.0 Å². The summed E-state index contributed by atoms with van der Waals surface area (Å²) in [4.78, 5) is 14.2. The summed E-state index contributed by atoms with van der Waals surface area (Å²) < 4.78 is 56.8. The van der Waals surface area contributed by atoms with Crippen LogP contribution in [0.4, 0.5) is 19.3 Å². The molecule has 9 heteroatoms. The summed E-state index contributed by atoms with van der Waals surface area (Å²) in [6.45, 7) is 4.04. The highest BCUT2D eigenvalue weighted by molar-refractivity contribution is 7.87. The number of nitrogens with one attached hydrogen (secondary N) is 1. The van der Waals surface area contributed by atoms with Gasteiger partial charge in [-0.1, -0.05) is 31.2 Å². The van der Waals surface area contributed by atoms with Crippen LogP contribution in [0, 0.1) is 11.6 Å². The molecule has 0 saturated heterocycles. The third kappa shape index (κ3) is 6.29. The van der Waals surface area contributed by atoms with Crippen LogP contribution in [0.15, 0.2) is 77.7 Å². The first kappa shape index (κ1) is 24.2. The number of para-hydroxylation sites is 1. The molecular weight excluding hydrogens is 450 g/mol. The van der Waals surface area contributed by atoms with Gasteiger partial charge >= 0.3 is 16.1 Å². The molecule has 174 valence electrons. The minimum Gasteiger partial charge on any atom is -0.379 e. The minimum absolute atomic E-state index is 0.0778. The van der Waals surface area contributed by atoms with Crippen molar-refractivity contribution in [3.63, 3.8) is 0 Å². The van der Waals surface area contributed by atoms with E-state index in [-0.39, 0.29) is 28.9 Å². The van der Waals surface area contributed by atoms with E-state index in [9.17, 15) is 22.0 Å². The van der Waals surface area contributed by atoms with E-state index in [1.165, 1.54) is 30.3 Å². The van der Waals surface area contributed by atoms with Crippen molar-refractivity contribution >= 4 is 21.8 Å². The Balaban J connectivity index is 1.72. The number of anilines is 1. The van der Waals surface area contributed by atoms with Crippen LogP contribution in [0.25, 0.3) is 0 Å². The van der Waals surface area contributed by atoms with Crippen LogP contribution in [-0.2, 0) is 16.7 Å². The fourth-order valence-electron chi connectivity index (χ4n) is 3.02. The van der Waals surface area contributed by atoms with Crippen molar-refractivity contribution in [2.45, 2.75) is 37.8 Å². The van der Waals surface area contributed by atoms with Crippen LogP contribution >= 0.6 is 0 Å². The Morgan fingerprint density at radius 1 is 1.00 bits per heavy atom. The third-order valence-corrected chi connectivity index (χ3v) is 6.35. The molecule has 0 aliphatic heterocycles. The molecule has 1 atom stereocenters. The van der Waals surface area contributed by atoms with Crippen LogP contribution < -0.4 is 9.50 Å². The lowest BCUT2D eigenvalue weighted by atomic mass is 10.1. The molecule has 0 heterocycles. The lowest BCUT2D eigenvalue weighted by molar-refractivity contribution is 0.187. The van der Waals surface area contributed by atoms with Crippen molar-refractivity contribution < 1.29 is 26.2 Å². The molecule has 2 amide bonds. The highest BCUT2D eigenvalue weighted by Gasteiger charge is 2.21. The summed E-state index contributed by atoms with van der Waals surface area (Å²) in [5.74, 6) is -1.00. The summed E-state index contributed by atoms with van der Waals surface area (Å²) in [6.07, 6.45) is 0.682. The second-order valence-corrected chi connectivity index (χ2v) is 8.98. The van der Waals surface area contributed by atoms with Crippen LogP contribution in [0.1, 0.15) is 25.8 Å². The maximum atomic E-state index is 13.9. The van der Waals surface area contributed by atoms with Gasteiger partial charge in [0.1, 0.15) is 22.3 Å². The van der Waals surface area contributed by atoms with Gasteiger partial charge in [-0.15, -0.1) is 0 Å². The first-order valence-electron chi connectivity index (χ1n) is 10.3. The van der Waals surface area contributed by atoms with E-state index >= 15 is 0 Å². The van der Waals surface area contributed by atoms with Crippen molar-refractivity contribution in [1.82, 2.24) is 4.90 Å². The molecule has 3 aromatic carbocycles. The van der Waals surface area contributed by atoms with Gasteiger partial charge in [0.25, 0.3) is 0 Å². The first-order chi connectivity index (χ1) is 15.7. The normalized spacial score (nSPS) is 12.1. The number of hydrogen-bond donors (Lipinski definition) is 1. The zero-order valence-electron chi connectivity index (χ0n) is 18.2. The Bertz CT molecular complexity index is 1200. The quantitative estimate of drug-likeness (QED) is 0.434. The highest BCUT2D eigenvalue weighted by Crippen LogP contribution is 2.22. The van der Waals surface area contributed by atoms with E-state index in [4.69, 9.17) is 4.18 Å². The van der Waals surface area contributed by atoms with E-state index in [0.717, 1.165) is 29.8 Å². The molecule has 3 aromatic rings. The van der Waals surface area contributed by atoms with Crippen LogP contribution in [0.3, 0.4) is 0 Å². The summed E-state index contributed by atoms with van der Waals surface area (Å²) in [6, 6.07) is 15.9. The Kier molecular flexibility index (Phi) is 7.65. The number of nitrogens with zero attached hydrogens (tertiary/aromatic N) is 1. The molecular formula is C24H24F2N2O4S.